The summed E-state index contributed by atoms with van der Waals surface area (Å²) in [6.07, 6.45) is -2.45. The van der Waals surface area contributed by atoms with Crippen LogP contribution in [0.15, 0.2) is 18.2 Å². The molecule has 5 N–H and O–H groups in total. The zero-order chi connectivity index (χ0) is 13.7. The second kappa shape index (κ2) is 6.00. The van der Waals surface area contributed by atoms with E-state index in [0.29, 0.717) is 5.56 Å². The molecule has 96 valence electrons. The Labute approximate surface area is 105 Å². The minimum atomic E-state index is -1.26. The van der Waals surface area contributed by atoms with E-state index in [1.165, 1.54) is 25.1 Å². The van der Waals surface area contributed by atoms with E-state index in [9.17, 15) is 15.0 Å². The predicted molar refractivity (Wildman–Crippen MR) is 65.2 cm³/mol. The van der Waals surface area contributed by atoms with Crippen molar-refractivity contribution < 1.29 is 15.0 Å². The van der Waals surface area contributed by atoms with Crippen LogP contribution in [0.3, 0.4) is 0 Å². The normalized spacial score (nSPS) is 13.4. The van der Waals surface area contributed by atoms with E-state index < -0.39 is 12.2 Å². The molecule has 2 atom stereocenters. The largest absolute Gasteiger partial charge is 0.398 e. The molecule has 0 aliphatic rings. The van der Waals surface area contributed by atoms with Gasteiger partial charge in [-0.2, -0.15) is 5.26 Å². The van der Waals surface area contributed by atoms with Crippen LogP contribution in [0.2, 0.25) is 0 Å². The van der Waals surface area contributed by atoms with Crippen LogP contribution in [0.25, 0.3) is 0 Å². The Hall–Kier alpha value is -2.10. The summed E-state index contributed by atoms with van der Waals surface area (Å²) in [5.74, 6) is -0.306. The van der Waals surface area contributed by atoms with Gasteiger partial charge in [-0.15, -0.1) is 0 Å². The van der Waals surface area contributed by atoms with E-state index in [-0.39, 0.29) is 23.7 Å². The Morgan fingerprint density at radius 1 is 1.56 bits per heavy atom. The van der Waals surface area contributed by atoms with E-state index in [4.69, 9.17) is 11.0 Å². The van der Waals surface area contributed by atoms with Crippen molar-refractivity contribution in [3.05, 3.63) is 29.3 Å². The molecule has 1 aromatic carbocycles. The molecule has 0 aliphatic heterocycles. The molecule has 2 unspecified atom stereocenters. The third-order valence-corrected chi connectivity index (χ3v) is 2.46. The fourth-order valence-electron chi connectivity index (χ4n) is 1.47. The summed E-state index contributed by atoms with van der Waals surface area (Å²) in [5, 5.41) is 30.8. The van der Waals surface area contributed by atoms with Gasteiger partial charge >= 0.3 is 0 Å². The Kier molecular flexibility index (Phi) is 4.66. The lowest BCUT2D eigenvalue weighted by Crippen LogP contribution is -2.34. The first-order chi connectivity index (χ1) is 8.45. The number of rotatable bonds is 4. The molecule has 0 fully saturated rings. The fraction of sp³-hybridized carbons (Fsp3) is 0.333. The number of aliphatic hydroxyl groups excluding tert-OH is 2. The summed E-state index contributed by atoms with van der Waals surface area (Å²) in [6.45, 7) is 1.22. The maximum absolute atomic E-state index is 10.7. The number of aliphatic hydroxyl groups is 2. The van der Waals surface area contributed by atoms with Gasteiger partial charge < -0.3 is 21.3 Å². The summed E-state index contributed by atoms with van der Waals surface area (Å²) < 4.78 is 0. The van der Waals surface area contributed by atoms with Crippen molar-refractivity contribution in [3.8, 4) is 6.07 Å². The highest BCUT2D eigenvalue weighted by molar-refractivity contribution is 5.72. The van der Waals surface area contributed by atoms with Gasteiger partial charge in [0.1, 0.15) is 12.2 Å². The quantitative estimate of drug-likeness (QED) is 0.545. The first-order valence-corrected chi connectivity index (χ1v) is 5.35. The molecule has 0 aliphatic carbocycles. The van der Waals surface area contributed by atoms with Crippen LogP contribution < -0.4 is 11.1 Å². The van der Waals surface area contributed by atoms with Gasteiger partial charge in [-0.1, -0.05) is 0 Å². The number of carbonyl (C=O) groups is 1. The minimum Gasteiger partial charge on any atom is -0.398 e. The minimum absolute atomic E-state index is 0.0906. The van der Waals surface area contributed by atoms with Crippen molar-refractivity contribution in [2.75, 3.05) is 12.3 Å². The van der Waals surface area contributed by atoms with E-state index in [1.807, 2.05) is 6.07 Å². The number of nitriles is 1. The number of nitrogens with two attached hydrogens (primary N) is 1. The zero-order valence-corrected chi connectivity index (χ0v) is 9.92. The van der Waals surface area contributed by atoms with Crippen molar-refractivity contribution in [1.29, 1.82) is 5.26 Å². The number of nitrogen functional groups attached to an aromatic ring is 1. The molecule has 0 saturated heterocycles. The average molecular weight is 249 g/mol. The SMILES string of the molecule is CC(=O)NCC(O)C(O)c1cc(C#N)ccc1N. The molecular weight excluding hydrogens is 234 g/mol. The van der Waals surface area contributed by atoms with Crippen LogP contribution >= 0.6 is 0 Å². The molecule has 1 rings (SSSR count). The first kappa shape index (κ1) is 14.0. The Morgan fingerprint density at radius 2 is 2.22 bits per heavy atom. The number of hydrogen-bond acceptors (Lipinski definition) is 5. The van der Waals surface area contributed by atoms with Crippen molar-refractivity contribution in [3.63, 3.8) is 0 Å². The van der Waals surface area contributed by atoms with E-state index in [0.717, 1.165) is 0 Å². The van der Waals surface area contributed by atoms with Gasteiger partial charge in [0, 0.05) is 24.7 Å². The number of benzene rings is 1. The Balaban J connectivity index is 2.85. The summed E-state index contributed by atoms with van der Waals surface area (Å²) >= 11 is 0. The molecule has 1 aromatic rings. The summed E-state index contributed by atoms with van der Waals surface area (Å²) in [5.41, 5.74) is 6.56. The van der Waals surface area contributed by atoms with Gasteiger partial charge in [-0.25, -0.2) is 0 Å². The highest BCUT2D eigenvalue weighted by Gasteiger charge is 2.21. The third-order valence-electron chi connectivity index (χ3n) is 2.46. The van der Waals surface area contributed by atoms with Crippen molar-refractivity contribution in [2.45, 2.75) is 19.1 Å². The average Bonchev–Trinajstić information content (AvgIpc) is 2.35. The first-order valence-electron chi connectivity index (χ1n) is 5.35. The second-order valence-electron chi connectivity index (χ2n) is 3.90. The van der Waals surface area contributed by atoms with Crippen molar-refractivity contribution >= 4 is 11.6 Å². The number of hydrogen-bond donors (Lipinski definition) is 4. The fourth-order valence-corrected chi connectivity index (χ4v) is 1.47. The van der Waals surface area contributed by atoms with Crippen LogP contribution in [0.5, 0.6) is 0 Å². The smallest absolute Gasteiger partial charge is 0.216 e. The molecule has 0 bridgehead atoms. The van der Waals surface area contributed by atoms with Crippen LogP contribution in [0.4, 0.5) is 5.69 Å². The Morgan fingerprint density at radius 3 is 2.78 bits per heavy atom. The third kappa shape index (κ3) is 3.45. The van der Waals surface area contributed by atoms with Gasteiger partial charge in [-0.3, -0.25) is 4.79 Å². The molecule has 0 heterocycles. The van der Waals surface area contributed by atoms with Crippen LogP contribution in [0, 0.1) is 11.3 Å². The lowest BCUT2D eigenvalue weighted by molar-refractivity contribution is -0.119. The topological polar surface area (TPSA) is 119 Å². The predicted octanol–water partition coefficient (Wildman–Crippen LogP) is -0.329. The van der Waals surface area contributed by atoms with Crippen LogP contribution in [-0.4, -0.2) is 28.8 Å². The van der Waals surface area contributed by atoms with Gasteiger partial charge in [0.05, 0.1) is 11.6 Å². The highest BCUT2D eigenvalue weighted by Crippen LogP contribution is 2.24. The lowest BCUT2D eigenvalue weighted by atomic mass is 10.00. The number of amides is 1. The number of nitrogens with one attached hydrogen (secondary N) is 1. The lowest BCUT2D eigenvalue weighted by Gasteiger charge is -2.19. The van der Waals surface area contributed by atoms with E-state index in [2.05, 4.69) is 5.32 Å². The van der Waals surface area contributed by atoms with Gasteiger partial charge in [0.2, 0.25) is 5.91 Å². The van der Waals surface area contributed by atoms with E-state index >= 15 is 0 Å². The van der Waals surface area contributed by atoms with Gasteiger partial charge in [0.25, 0.3) is 0 Å². The maximum Gasteiger partial charge on any atom is 0.216 e. The summed E-state index contributed by atoms with van der Waals surface area (Å²) in [7, 11) is 0. The molecule has 0 saturated carbocycles. The molecule has 0 spiro atoms. The highest BCUT2D eigenvalue weighted by atomic mass is 16.3. The van der Waals surface area contributed by atoms with Gasteiger partial charge in [-0.05, 0) is 18.2 Å². The van der Waals surface area contributed by atoms with Crippen LogP contribution in [0.1, 0.15) is 24.2 Å². The number of carbonyl (C=O) groups excluding carboxylic acids is 1. The second-order valence-corrected chi connectivity index (χ2v) is 3.90. The van der Waals surface area contributed by atoms with E-state index in [1.54, 1.807) is 0 Å². The van der Waals surface area contributed by atoms with Crippen LogP contribution in [-0.2, 0) is 4.79 Å². The Bertz CT molecular complexity index is 482. The molecule has 6 nitrogen and oxygen atoms in total. The zero-order valence-electron chi connectivity index (χ0n) is 9.92. The molecule has 6 heteroatoms. The van der Waals surface area contributed by atoms with Gasteiger partial charge in [0.15, 0.2) is 0 Å². The monoisotopic (exact) mass is 249 g/mol. The molecular formula is C12H15N3O3. The number of anilines is 1. The summed E-state index contributed by atoms with van der Waals surface area (Å²) in [6, 6.07) is 6.34. The molecule has 1 amide bonds. The van der Waals surface area contributed by atoms with Crippen molar-refractivity contribution in [2.24, 2.45) is 0 Å². The molecule has 18 heavy (non-hydrogen) atoms. The maximum atomic E-state index is 10.7. The standard InChI is InChI=1S/C12H15N3O3/c1-7(16)15-6-11(17)12(18)9-4-8(5-13)2-3-10(9)14/h2-4,11-12,17-18H,6,14H2,1H3,(H,15,16). The molecule has 0 radical (unpaired) electrons. The molecule has 0 aromatic heterocycles. The number of nitrogens with zero attached hydrogens (tertiary/aromatic N) is 1. The summed E-state index contributed by atoms with van der Waals surface area (Å²) in [4.78, 5) is 10.7. The van der Waals surface area contributed by atoms with Crippen molar-refractivity contribution in [1.82, 2.24) is 5.32 Å².